The number of hydrogen-bond donors (Lipinski definition) is 2. The summed E-state index contributed by atoms with van der Waals surface area (Å²) in [6.07, 6.45) is 3.84. The molecule has 2 atom stereocenters. The van der Waals surface area contributed by atoms with Crippen LogP contribution in [-0.4, -0.2) is 36.2 Å². The lowest BCUT2D eigenvalue weighted by Gasteiger charge is -2.37. The molecule has 4 heteroatoms. The second-order valence-electron chi connectivity index (χ2n) is 5.84. The Morgan fingerprint density at radius 1 is 1.48 bits per heavy atom. The van der Waals surface area contributed by atoms with Crippen molar-refractivity contribution in [3.05, 3.63) is 29.8 Å². The Morgan fingerprint density at radius 2 is 2.24 bits per heavy atom. The number of hydrogen-bond acceptors (Lipinski definition) is 3. The van der Waals surface area contributed by atoms with Crippen LogP contribution in [0.25, 0.3) is 0 Å². The highest BCUT2D eigenvalue weighted by molar-refractivity contribution is 5.73. The maximum atomic E-state index is 11.3. The monoisotopic (exact) mass is 290 g/mol. The van der Waals surface area contributed by atoms with E-state index in [-0.39, 0.29) is 0 Å². The summed E-state index contributed by atoms with van der Waals surface area (Å²) in [6, 6.07) is 8.49. The summed E-state index contributed by atoms with van der Waals surface area (Å²) in [4.78, 5) is 13.7. The molecule has 0 saturated heterocycles. The quantitative estimate of drug-likeness (QED) is 0.810. The number of rotatable bonds is 7. The SMILES string of the molecule is CCCNC(CCN1c2ccccc2CCC1C)C(=O)O. The van der Waals surface area contributed by atoms with Crippen molar-refractivity contribution >= 4 is 11.7 Å². The zero-order chi connectivity index (χ0) is 15.2. The molecule has 0 radical (unpaired) electrons. The van der Waals surface area contributed by atoms with Crippen molar-refractivity contribution in [2.45, 2.75) is 51.6 Å². The number of carboxylic acids is 1. The minimum atomic E-state index is -0.749. The van der Waals surface area contributed by atoms with E-state index in [1.165, 1.54) is 11.3 Å². The summed E-state index contributed by atoms with van der Waals surface area (Å²) in [5.41, 5.74) is 2.65. The average Bonchev–Trinajstić information content (AvgIpc) is 2.48. The van der Waals surface area contributed by atoms with E-state index in [0.29, 0.717) is 12.5 Å². The molecule has 1 aliphatic rings. The van der Waals surface area contributed by atoms with Gasteiger partial charge >= 0.3 is 5.97 Å². The normalized spacial score (nSPS) is 19.1. The van der Waals surface area contributed by atoms with Crippen molar-refractivity contribution in [2.24, 2.45) is 0 Å². The number of carboxylic acid groups (broad SMARTS) is 1. The summed E-state index contributed by atoms with van der Waals surface area (Å²) in [5.74, 6) is -0.749. The van der Waals surface area contributed by atoms with Gasteiger partial charge in [-0.1, -0.05) is 25.1 Å². The maximum Gasteiger partial charge on any atom is 0.320 e. The predicted octanol–water partition coefficient (Wildman–Crippen LogP) is 2.67. The Labute approximate surface area is 127 Å². The van der Waals surface area contributed by atoms with E-state index in [2.05, 4.69) is 48.3 Å². The third-order valence-corrected chi connectivity index (χ3v) is 4.26. The Morgan fingerprint density at radius 3 is 2.95 bits per heavy atom. The minimum Gasteiger partial charge on any atom is -0.480 e. The number of aryl methyl sites for hydroxylation is 1. The number of carbonyl (C=O) groups is 1. The van der Waals surface area contributed by atoms with Crippen LogP contribution in [0.5, 0.6) is 0 Å². The first-order valence-electron chi connectivity index (χ1n) is 7.94. The molecule has 0 saturated carbocycles. The Kier molecular flexibility index (Phi) is 5.62. The van der Waals surface area contributed by atoms with Gasteiger partial charge in [-0.05, 0) is 50.8 Å². The van der Waals surface area contributed by atoms with Crippen LogP contribution in [0, 0.1) is 0 Å². The zero-order valence-corrected chi connectivity index (χ0v) is 13.0. The smallest absolute Gasteiger partial charge is 0.320 e. The van der Waals surface area contributed by atoms with Crippen LogP contribution < -0.4 is 10.2 Å². The summed E-state index contributed by atoms with van der Waals surface area (Å²) < 4.78 is 0. The van der Waals surface area contributed by atoms with E-state index in [4.69, 9.17) is 0 Å². The number of fused-ring (bicyclic) bond motifs is 1. The van der Waals surface area contributed by atoms with Crippen LogP contribution in [0.3, 0.4) is 0 Å². The molecule has 0 spiro atoms. The fraction of sp³-hybridized carbons (Fsp3) is 0.588. The third kappa shape index (κ3) is 3.97. The summed E-state index contributed by atoms with van der Waals surface area (Å²) in [7, 11) is 0. The van der Waals surface area contributed by atoms with Gasteiger partial charge in [-0.15, -0.1) is 0 Å². The Balaban J connectivity index is 2.02. The highest BCUT2D eigenvalue weighted by atomic mass is 16.4. The first-order chi connectivity index (χ1) is 10.1. The van der Waals surface area contributed by atoms with Gasteiger partial charge in [0.15, 0.2) is 0 Å². The van der Waals surface area contributed by atoms with Crippen molar-refractivity contribution < 1.29 is 9.90 Å². The van der Waals surface area contributed by atoms with E-state index < -0.39 is 12.0 Å². The molecule has 0 amide bonds. The lowest BCUT2D eigenvalue weighted by Crippen LogP contribution is -2.43. The lowest BCUT2D eigenvalue weighted by molar-refractivity contribution is -0.139. The van der Waals surface area contributed by atoms with Crippen LogP contribution in [-0.2, 0) is 11.2 Å². The van der Waals surface area contributed by atoms with E-state index in [1.807, 2.05) is 0 Å². The molecule has 0 aromatic heterocycles. The molecule has 0 fully saturated rings. The van der Waals surface area contributed by atoms with Crippen molar-refractivity contribution in [3.8, 4) is 0 Å². The number of aliphatic carboxylic acids is 1. The molecule has 1 aliphatic heterocycles. The molecular formula is C17H26N2O2. The van der Waals surface area contributed by atoms with Crippen molar-refractivity contribution in [3.63, 3.8) is 0 Å². The van der Waals surface area contributed by atoms with Crippen LogP contribution in [0.15, 0.2) is 24.3 Å². The number of benzene rings is 1. The molecule has 4 nitrogen and oxygen atoms in total. The number of para-hydroxylation sites is 1. The summed E-state index contributed by atoms with van der Waals surface area (Å²) >= 11 is 0. The van der Waals surface area contributed by atoms with Crippen molar-refractivity contribution in [1.82, 2.24) is 5.32 Å². The average molecular weight is 290 g/mol. The molecule has 2 rings (SSSR count). The summed E-state index contributed by atoms with van der Waals surface area (Å²) in [5, 5.41) is 12.4. The standard InChI is InChI=1S/C17H26N2O2/c1-3-11-18-15(17(20)21)10-12-19-13(2)8-9-14-6-4-5-7-16(14)19/h4-7,13,15,18H,3,8-12H2,1-2H3,(H,20,21). The molecule has 1 aromatic rings. The fourth-order valence-corrected chi connectivity index (χ4v) is 3.00. The van der Waals surface area contributed by atoms with Gasteiger partial charge in [0.1, 0.15) is 6.04 Å². The minimum absolute atomic E-state index is 0.453. The Hall–Kier alpha value is -1.55. The predicted molar refractivity (Wildman–Crippen MR) is 85.9 cm³/mol. The molecular weight excluding hydrogens is 264 g/mol. The van der Waals surface area contributed by atoms with Gasteiger partial charge in [-0.3, -0.25) is 4.79 Å². The molecule has 2 N–H and O–H groups in total. The van der Waals surface area contributed by atoms with Gasteiger partial charge in [0.2, 0.25) is 0 Å². The van der Waals surface area contributed by atoms with E-state index >= 15 is 0 Å². The molecule has 1 heterocycles. The van der Waals surface area contributed by atoms with Gasteiger partial charge in [0.25, 0.3) is 0 Å². The molecule has 0 bridgehead atoms. The molecule has 1 aromatic carbocycles. The van der Waals surface area contributed by atoms with Crippen LogP contribution >= 0.6 is 0 Å². The fourth-order valence-electron chi connectivity index (χ4n) is 3.00. The molecule has 116 valence electrons. The molecule has 2 unspecified atom stereocenters. The maximum absolute atomic E-state index is 11.3. The topological polar surface area (TPSA) is 52.6 Å². The van der Waals surface area contributed by atoms with E-state index in [1.54, 1.807) is 0 Å². The second kappa shape index (κ2) is 7.46. The summed E-state index contributed by atoms with van der Waals surface area (Å²) in [6.45, 7) is 5.81. The van der Waals surface area contributed by atoms with Crippen LogP contribution in [0.4, 0.5) is 5.69 Å². The lowest BCUT2D eigenvalue weighted by atomic mass is 9.96. The highest BCUT2D eigenvalue weighted by Crippen LogP contribution is 2.30. The van der Waals surface area contributed by atoms with E-state index in [0.717, 1.165) is 32.4 Å². The number of anilines is 1. The van der Waals surface area contributed by atoms with Crippen LogP contribution in [0.2, 0.25) is 0 Å². The van der Waals surface area contributed by atoms with E-state index in [9.17, 15) is 9.90 Å². The van der Waals surface area contributed by atoms with Crippen LogP contribution in [0.1, 0.15) is 38.7 Å². The van der Waals surface area contributed by atoms with Gasteiger partial charge < -0.3 is 15.3 Å². The van der Waals surface area contributed by atoms with Gasteiger partial charge in [-0.2, -0.15) is 0 Å². The van der Waals surface area contributed by atoms with Crippen molar-refractivity contribution in [1.29, 1.82) is 0 Å². The first-order valence-corrected chi connectivity index (χ1v) is 7.94. The first kappa shape index (κ1) is 15.8. The van der Waals surface area contributed by atoms with Gasteiger partial charge in [0, 0.05) is 18.3 Å². The highest BCUT2D eigenvalue weighted by Gasteiger charge is 2.24. The van der Waals surface area contributed by atoms with Gasteiger partial charge in [-0.25, -0.2) is 0 Å². The zero-order valence-electron chi connectivity index (χ0n) is 13.0. The number of nitrogens with one attached hydrogen (secondary N) is 1. The second-order valence-corrected chi connectivity index (χ2v) is 5.84. The van der Waals surface area contributed by atoms with Gasteiger partial charge in [0.05, 0.1) is 0 Å². The molecule has 21 heavy (non-hydrogen) atoms. The Bertz CT molecular complexity index is 476. The third-order valence-electron chi connectivity index (χ3n) is 4.26. The number of nitrogens with zero attached hydrogens (tertiary/aromatic N) is 1. The van der Waals surface area contributed by atoms with Crippen molar-refractivity contribution in [2.75, 3.05) is 18.0 Å². The molecule has 0 aliphatic carbocycles. The largest absolute Gasteiger partial charge is 0.480 e.